The number of aryl methyl sites for hydroxylation is 3. The molecule has 3 aromatic rings. The normalized spacial score (nSPS) is 14.3. The van der Waals surface area contributed by atoms with E-state index in [0.717, 1.165) is 58.4 Å². The van der Waals surface area contributed by atoms with Crippen molar-refractivity contribution >= 4 is 39.5 Å². The Labute approximate surface area is 193 Å². The van der Waals surface area contributed by atoms with E-state index in [9.17, 15) is 9.90 Å². The van der Waals surface area contributed by atoms with Gasteiger partial charge in [-0.05, 0) is 57.1 Å². The van der Waals surface area contributed by atoms with E-state index in [0.29, 0.717) is 22.7 Å². The standard InChI is InChI=1S/C26H31NO4S/c1-7-30-25(29)21-14(2)15(3)32-24(21)27-13-17-22-16-10-8-9-11-19(16)31-20(22)12-18(23(17)28)26(4,5)6/h12-13,28H,7-11H2,1-6H3. The van der Waals surface area contributed by atoms with E-state index in [1.54, 1.807) is 13.1 Å². The Bertz CT molecular complexity index is 1220. The molecule has 2 heterocycles. The molecule has 5 nitrogen and oxygen atoms in total. The second-order valence-electron chi connectivity index (χ2n) is 9.46. The molecule has 0 fully saturated rings. The van der Waals surface area contributed by atoms with Gasteiger partial charge in [0.05, 0.1) is 12.2 Å². The molecule has 1 N–H and O–H groups in total. The average molecular weight is 454 g/mol. The Morgan fingerprint density at radius 2 is 2.00 bits per heavy atom. The van der Waals surface area contributed by atoms with Crippen LogP contribution >= 0.6 is 11.3 Å². The minimum atomic E-state index is -0.361. The zero-order chi connectivity index (χ0) is 23.2. The van der Waals surface area contributed by atoms with Gasteiger partial charge in [-0.3, -0.25) is 0 Å². The molecule has 0 atom stereocenters. The summed E-state index contributed by atoms with van der Waals surface area (Å²) in [6, 6.07) is 1.98. The van der Waals surface area contributed by atoms with Crippen LogP contribution in [0.1, 0.15) is 83.8 Å². The maximum absolute atomic E-state index is 12.6. The third kappa shape index (κ3) is 3.85. The second kappa shape index (κ2) is 8.39. The van der Waals surface area contributed by atoms with Gasteiger partial charge in [-0.15, -0.1) is 11.3 Å². The first-order valence-corrected chi connectivity index (χ1v) is 12.1. The largest absolute Gasteiger partial charge is 0.507 e. The summed E-state index contributed by atoms with van der Waals surface area (Å²) in [4.78, 5) is 18.3. The summed E-state index contributed by atoms with van der Waals surface area (Å²) in [5.74, 6) is 0.881. The zero-order valence-corrected chi connectivity index (χ0v) is 20.5. The number of hydrogen-bond acceptors (Lipinski definition) is 6. The molecule has 32 heavy (non-hydrogen) atoms. The topological polar surface area (TPSA) is 72.0 Å². The number of phenolic OH excluding ortho intramolecular Hbond substituents is 1. The minimum Gasteiger partial charge on any atom is -0.507 e. The van der Waals surface area contributed by atoms with Gasteiger partial charge in [0, 0.05) is 39.6 Å². The SMILES string of the molecule is CCOC(=O)c1c(N=Cc2c(O)c(C(C)(C)C)cc3oc4c(c23)CCCC4)sc(C)c1C. The van der Waals surface area contributed by atoms with Crippen molar-refractivity contribution in [1.29, 1.82) is 0 Å². The van der Waals surface area contributed by atoms with Gasteiger partial charge in [0.1, 0.15) is 22.1 Å². The van der Waals surface area contributed by atoms with Crippen LogP contribution in [0.2, 0.25) is 0 Å². The first-order valence-electron chi connectivity index (χ1n) is 11.2. The van der Waals surface area contributed by atoms with Crippen LogP contribution in [0.25, 0.3) is 11.0 Å². The number of thiophene rings is 1. The zero-order valence-electron chi connectivity index (χ0n) is 19.7. The predicted octanol–water partition coefficient (Wildman–Crippen LogP) is 6.92. The molecule has 6 heteroatoms. The number of esters is 1. The van der Waals surface area contributed by atoms with Crippen molar-refractivity contribution in [1.82, 2.24) is 0 Å². The third-order valence-electron chi connectivity index (χ3n) is 6.22. The Hall–Kier alpha value is -2.60. The number of furan rings is 1. The van der Waals surface area contributed by atoms with Gasteiger partial charge in [0.2, 0.25) is 0 Å². The fourth-order valence-electron chi connectivity index (χ4n) is 4.41. The molecule has 4 rings (SSSR count). The maximum atomic E-state index is 12.6. The van der Waals surface area contributed by atoms with Crippen molar-refractivity contribution in [3.05, 3.63) is 44.5 Å². The lowest BCUT2D eigenvalue weighted by Crippen LogP contribution is -2.12. The number of benzene rings is 1. The highest BCUT2D eigenvalue weighted by atomic mass is 32.1. The number of aliphatic imine (C=N–C) groups is 1. The van der Waals surface area contributed by atoms with E-state index < -0.39 is 0 Å². The molecule has 2 aromatic heterocycles. The number of fused-ring (bicyclic) bond motifs is 3. The van der Waals surface area contributed by atoms with Crippen molar-refractivity contribution in [2.75, 3.05) is 6.61 Å². The molecule has 0 saturated carbocycles. The number of phenols is 1. The predicted molar refractivity (Wildman–Crippen MR) is 130 cm³/mol. The smallest absolute Gasteiger partial charge is 0.341 e. The summed E-state index contributed by atoms with van der Waals surface area (Å²) in [5.41, 5.74) is 4.58. The molecule has 0 aliphatic heterocycles. The number of nitrogens with zero attached hydrogens (tertiary/aromatic N) is 1. The second-order valence-corrected chi connectivity index (χ2v) is 10.7. The fraction of sp³-hybridized carbons (Fsp3) is 0.462. The Balaban J connectivity index is 1.92. The van der Waals surface area contributed by atoms with Crippen LogP contribution in [0.15, 0.2) is 15.5 Å². The van der Waals surface area contributed by atoms with E-state index in [2.05, 4.69) is 20.8 Å². The van der Waals surface area contributed by atoms with Crippen LogP contribution in [0.3, 0.4) is 0 Å². The van der Waals surface area contributed by atoms with Gasteiger partial charge in [-0.25, -0.2) is 9.79 Å². The van der Waals surface area contributed by atoms with Crippen molar-refractivity contribution in [3.8, 4) is 5.75 Å². The molecule has 0 amide bonds. The highest BCUT2D eigenvalue weighted by molar-refractivity contribution is 7.16. The van der Waals surface area contributed by atoms with Crippen LogP contribution in [0, 0.1) is 13.8 Å². The summed E-state index contributed by atoms with van der Waals surface area (Å²) in [6.07, 6.45) is 5.78. The average Bonchev–Trinajstić information content (AvgIpc) is 3.23. The summed E-state index contributed by atoms with van der Waals surface area (Å²) in [7, 11) is 0. The number of rotatable bonds is 4. The molecule has 0 saturated heterocycles. The van der Waals surface area contributed by atoms with Gasteiger partial charge in [0.15, 0.2) is 0 Å². The van der Waals surface area contributed by atoms with Crippen molar-refractivity contribution in [2.45, 2.75) is 72.6 Å². The fourth-order valence-corrected chi connectivity index (χ4v) is 5.40. The molecule has 1 aromatic carbocycles. The van der Waals surface area contributed by atoms with Crippen LogP contribution in [-0.2, 0) is 23.0 Å². The lowest BCUT2D eigenvalue weighted by atomic mass is 9.83. The summed E-state index contributed by atoms with van der Waals surface area (Å²) in [5, 5.41) is 12.9. The molecular formula is C26H31NO4S. The van der Waals surface area contributed by atoms with Crippen molar-refractivity contribution < 1.29 is 19.1 Å². The summed E-state index contributed by atoms with van der Waals surface area (Å²) >= 11 is 1.46. The number of hydrogen-bond donors (Lipinski definition) is 1. The van der Waals surface area contributed by atoms with Crippen LogP contribution in [-0.4, -0.2) is 23.9 Å². The van der Waals surface area contributed by atoms with Gasteiger partial charge >= 0.3 is 5.97 Å². The van der Waals surface area contributed by atoms with Gasteiger partial charge in [-0.2, -0.15) is 0 Å². The van der Waals surface area contributed by atoms with Gasteiger partial charge in [-0.1, -0.05) is 20.8 Å². The number of carbonyl (C=O) groups excluding carboxylic acids is 1. The Kier molecular flexibility index (Phi) is 5.93. The van der Waals surface area contributed by atoms with Gasteiger partial charge in [0.25, 0.3) is 0 Å². The molecule has 170 valence electrons. The summed E-state index contributed by atoms with van der Waals surface area (Å²) < 4.78 is 11.5. The Morgan fingerprint density at radius 3 is 2.69 bits per heavy atom. The van der Waals surface area contributed by atoms with Crippen LogP contribution in [0.5, 0.6) is 5.75 Å². The van der Waals surface area contributed by atoms with E-state index >= 15 is 0 Å². The van der Waals surface area contributed by atoms with E-state index in [-0.39, 0.29) is 17.1 Å². The lowest BCUT2D eigenvalue weighted by molar-refractivity contribution is 0.0527. The molecule has 1 aliphatic carbocycles. The molecule has 0 radical (unpaired) electrons. The summed E-state index contributed by atoms with van der Waals surface area (Å²) in [6.45, 7) is 12.2. The number of carbonyl (C=O) groups is 1. The van der Waals surface area contributed by atoms with Gasteiger partial charge < -0.3 is 14.3 Å². The van der Waals surface area contributed by atoms with E-state index in [1.165, 1.54) is 16.9 Å². The first kappa shape index (κ1) is 22.6. The quantitative estimate of drug-likeness (QED) is 0.344. The van der Waals surface area contributed by atoms with Crippen LogP contribution in [0.4, 0.5) is 5.00 Å². The monoisotopic (exact) mass is 453 g/mol. The molecule has 1 aliphatic rings. The molecule has 0 unspecified atom stereocenters. The lowest BCUT2D eigenvalue weighted by Gasteiger charge is -2.21. The molecular weight excluding hydrogens is 422 g/mol. The van der Waals surface area contributed by atoms with Crippen molar-refractivity contribution in [2.24, 2.45) is 4.99 Å². The van der Waals surface area contributed by atoms with Crippen LogP contribution < -0.4 is 0 Å². The minimum absolute atomic E-state index is 0.227. The number of ether oxygens (including phenoxy) is 1. The first-order chi connectivity index (χ1) is 15.1. The highest BCUT2D eigenvalue weighted by Crippen LogP contribution is 2.43. The maximum Gasteiger partial charge on any atom is 0.341 e. The van der Waals surface area contributed by atoms with Crippen molar-refractivity contribution in [3.63, 3.8) is 0 Å². The highest BCUT2D eigenvalue weighted by Gasteiger charge is 2.28. The van der Waals surface area contributed by atoms with E-state index in [4.69, 9.17) is 14.1 Å². The molecule has 0 bridgehead atoms. The number of aromatic hydroxyl groups is 1. The van der Waals surface area contributed by atoms with E-state index in [1.807, 2.05) is 19.9 Å². The Morgan fingerprint density at radius 1 is 1.28 bits per heavy atom. The third-order valence-corrected chi connectivity index (χ3v) is 7.33. The molecule has 0 spiro atoms.